The predicted molar refractivity (Wildman–Crippen MR) is 94.5 cm³/mol. The Morgan fingerprint density at radius 1 is 1.26 bits per heavy atom. The van der Waals surface area contributed by atoms with Gasteiger partial charge in [-0.3, -0.25) is 4.79 Å². The molecule has 0 radical (unpaired) electrons. The second kappa shape index (κ2) is 8.54. The third kappa shape index (κ3) is 5.55. The number of hydrogen-bond donors (Lipinski definition) is 1. The molecule has 0 aliphatic carbocycles. The van der Waals surface area contributed by atoms with E-state index in [0.717, 1.165) is 18.6 Å². The van der Waals surface area contributed by atoms with Gasteiger partial charge >= 0.3 is 6.18 Å². The van der Waals surface area contributed by atoms with Gasteiger partial charge in [-0.2, -0.15) is 18.2 Å². The Balaban J connectivity index is 2.28. The van der Waals surface area contributed by atoms with Gasteiger partial charge in [0.1, 0.15) is 6.04 Å². The van der Waals surface area contributed by atoms with Gasteiger partial charge in [0.15, 0.2) is 0 Å². The zero-order valence-corrected chi connectivity index (χ0v) is 15.8. The van der Waals surface area contributed by atoms with Crippen molar-refractivity contribution in [1.82, 2.24) is 15.5 Å². The topological polar surface area (TPSA) is 68.0 Å². The van der Waals surface area contributed by atoms with E-state index >= 15 is 0 Å². The van der Waals surface area contributed by atoms with E-state index < -0.39 is 17.8 Å². The maximum Gasteiger partial charge on any atom is 0.416 e. The number of carbonyl (C=O) groups excluding carboxylic acids is 1. The molecule has 0 aliphatic heterocycles. The van der Waals surface area contributed by atoms with Crippen LogP contribution in [0.4, 0.5) is 13.2 Å². The lowest BCUT2D eigenvalue weighted by Gasteiger charge is -2.21. The third-order valence-electron chi connectivity index (χ3n) is 4.28. The lowest BCUT2D eigenvalue weighted by molar-refractivity contribution is -0.137. The van der Waals surface area contributed by atoms with Crippen LogP contribution in [-0.4, -0.2) is 16.0 Å². The van der Waals surface area contributed by atoms with Crippen molar-refractivity contribution >= 4 is 5.91 Å². The molecule has 1 aromatic heterocycles. The van der Waals surface area contributed by atoms with E-state index in [9.17, 15) is 18.0 Å². The highest BCUT2D eigenvalue weighted by Crippen LogP contribution is 2.32. The van der Waals surface area contributed by atoms with E-state index in [0.29, 0.717) is 6.42 Å². The molecule has 2 rings (SSSR count). The number of aromatic nitrogens is 2. The SMILES string of the molecule is CC[C@H](C)[C@@H](NC(=O)CC(C)C)c1nc(-c2cccc(C(F)(F)F)c2)no1. The second-order valence-corrected chi connectivity index (χ2v) is 7.06. The van der Waals surface area contributed by atoms with E-state index in [2.05, 4.69) is 15.5 Å². The molecule has 8 heteroatoms. The van der Waals surface area contributed by atoms with Crippen LogP contribution in [0.1, 0.15) is 58.0 Å². The molecule has 1 amide bonds. The fourth-order valence-electron chi connectivity index (χ4n) is 2.60. The van der Waals surface area contributed by atoms with Gasteiger partial charge in [0.2, 0.25) is 17.6 Å². The Morgan fingerprint density at radius 3 is 2.56 bits per heavy atom. The highest BCUT2D eigenvalue weighted by atomic mass is 19.4. The van der Waals surface area contributed by atoms with Crippen LogP contribution < -0.4 is 5.32 Å². The van der Waals surface area contributed by atoms with Crippen LogP contribution in [0, 0.1) is 11.8 Å². The minimum Gasteiger partial charge on any atom is -0.344 e. The molecule has 5 nitrogen and oxygen atoms in total. The van der Waals surface area contributed by atoms with Gasteiger partial charge < -0.3 is 9.84 Å². The minimum absolute atomic E-state index is 0.0240. The van der Waals surface area contributed by atoms with Crippen molar-refractivity contribution in [2.75, 3.05) is 0 Å². The maximum absolute atomic E-state index is 12.9. The number of hydrogen-bond acceptors (Lipinski definition) is 4. The van der Waals surface area contributed by atoms with Gasteiger partial charge in [-0.15, -0.1) is 0 Å². The highest BCUT2D eigenvalue weighted by molar-refractivity contribution is 5.76. The van der Waals surface area contributed by atoms with Crippen molar-refractivity contribution in [2.45, 2.75) is 52.8 Å². The molecule has 1 N–H and O–H groups in total. The molecule has 27 heavy (non-hydrogen) atoms. The normalized spacial score (nSPS) is 14.2. The number of carbonyl (C=O) groups is 1. The summed E-state index contributed by atoms with van der Waals surface area (Å²) in [5.74, 6) is 0.340. The molecule has 2 atom stereocenters. The average molecular weight is 383 g/mol. The predicted octanol–water partition coefficient (Wildman–Crippen LogP) is 5.00. The van der Waals surface area contributed by atoms with Crippen LogP contribution in [-0.2, 0) is 11.0 Å². The van der Waals surface area contributed by atoms with Crippen LogP contribution in [0.2, 0.25) is 0 Å². The molecule has 0 saturated heterocycles. The lowest BCUT2D eigenvalue weighted by Crippen LogP contribution is -2.33. The van der Waals surface area contributed by atoms with Crippen LogP contribution >= 0.6 is 0 Å². The zero-order chi connectivity index (χ0) is 20.2. The molecule has 2 aromatic rings. The van der Waals surface area contributed by atoms with Crippen molar-refractivity contribution in [3.8, 4) is 11.4 Å². The molecule has 0 fully saturated rings. The summed E-state index contributed by atoms with van der Waals surface area (Å²) in [4.78, 5) is 16.4. The molecule has 0 saturated carbocycles. The number of benzene rings is 1. The zero-order valence-electron chi connectivity index (χ0n) is 15.8. The van der Waals surface area contributed by atoms with Crippen molar-refractivity contribution in [1.29, 1.82) is 0 Å². The third-order valence-corrected chi connectivity index (χ3v) is 4.28. The van der Waals surface area contributed by atoms with Crippen LogP contribution in [0.15, 0.2) is 28.8 Å². The highest BCUT2D eigenvalue weighted by Gasteiger charge is 2.31. The molecular weight excluding hydrogens is 359 g/mol. The van der Waals surface area contributed by atoms with Crippen LogP contribution in [0.3, 0.4) is 0 Å². The van der Waals surface area contributed by atoms with Gasteiger partial charge in [-0.25, -0.2) is 0 Å². The molecule has 148 valence electrons. The average Bonchev–Trinajstić information content (AvgIpc) is 3.07. The van der Waals surface area contributed by atoms with Crippen LogP contribution in [0.5, 0.6) is 0 Å². The summed E-state index contributed by atoms with van der Waals surface area (Å²) in [6.07, 6.45) is -3.33. The fraction of sp³-hybridized carbons (Fsp3) is 0.526. The number of nitrogens with one attached hydrogen (secondary N) is 1. The summed E-state index contributed by atoms with van der Waals surface area (Å²) >= 11 is 0. The monoisotopic (exact) mass is 383 g/mol. The van der Waals surface area contributed by atoms with E-state index in [1.54, 1.807) is 0 Å². The van der Waals surface area contributed by atoms with Gasteiger partial charge in [0.05, 0.1) is 5.56 Å². The molecule has 0 unspecified atom stereocenters. The van der Waals surface area contributed by atoms with Crippen molar-refractivity contribution in [3.05, 3.63) is 35.7 Å². The standard InChI is InChI=1S/C19H24F3N3O2/c1-5-12(4)16(23-15(26)9-11(2)3)18-24-17(25-27-18)13-7-6-8-14(10-13)19(20,21)22/h6-8,10-12,16H,5,9H2,1-4H3,(H,23,26)/t12-,16+/m0/s1. The number of halogens is 3. The number of alkyl halides is 3. The Hall–Kier alpha value is -2.38. The van der Waals surface area contributed by atoms with Gasteiger partial charge in [-0.05, 0) is 24.0 Å². The van der Waals surface area contributed by atoms with Gasteiger partial charge in [0, 0.05) is 12.0 Å². The molecule has 0 aliphatic rings. The first-order valence-corrected chi connectivity index (χ1v) is 8.92. The molecule has 0 bridgehead atoms. The first kappa shape index (κ1) is 20.9. The quantitative estimate of drug-likeness (QED) is 0.730. The largest absolute Gasteiger partial charge is 0.416 e. The summed E-state index contributed by atoms with van der Waals surface area (Å²) in [5, 5.41) is 6.71. The van der Waals surface area contributed by atoms with Crippen molar-refractivity contribution < 1.29 is 22.5 Å². The Labute approximate surface area is 156 Å². The van der Waals surface area contributed by atoms with Crippen molar-refractivity contribution in [2.24, 2.45) is 11.8 Å². The second-order valence-electron chi connectivity index (χ2n) is 7.06. The van der Waals surface area contributed by atoms with Crippen LogP contribution in [0.25, 0.3) is 11.4 Å². The molecule has 1 heterocycles. The number of nitrogens with zero attached hydrogens (tertiary/aromatic N) is 2. The van der Waals surface area contributed by atoms with Crippen molar-refractivity contribution in [3.63, 3.8) is 0 Å². The summed E-state index contributed by atoms with van der Waals surface area (Å²) in [6, 6.07) is 4.25. The van der Waals surface area contributed by atoms with Gasteiger partial charge in [0.25, 0.3) is 0 Å². The van der Waals surface area contributed by atoms with E-state index in [4.69, 9.17) is 4.52 Å². The lowest BCUT2D eigenvalue weighted by atomic mass is 9.98. The minimum atomic E-state index is -4.45. The smallest absolute Gasteiger partial charge is 0.344 e. The summed E-state index contributed by atoms with van der Waals surface area (Å²) in [6.45, 7) is 7.79. The first-order valence-electron chi connectivity index (χ1n) is 8.92. The molecular formula is C19H24F3N3O2. The summed E-state index contributed by atoms with van der Waals surface area (Å²) in [5.41, 5.74) is -0.578. The first-order chi connectivity index (χ1) is 12.6. The van der Waals surface area contributed by atoms with E-state index in [-0.39, 0.29) is 35.0 Å². The van der Waals surface area contributed by atoms with E-state index in [1.807, 2.05) is 27.7 Å². The Kier molecular flexibility index (Phi) is 6.62. The summed E-state index contributed by atoms with van der Waals surface area (Å²) < 4.78 is 44.0. The number of amides is 1. The summed E-state index contributed by atoms with van der Waals surface area (Å²) in [7, 11) is 0. The fourth-order valence-corrected chi connectivity index (χ4v) is 2.60. The number of rotatable bonds is 7. The van der Waals surface area contributed by atoms with Gasteiger partial charge in [-0.1, -0.05) is 51.4 Å². The molecule has 1 aromatic carbocycles. The van der Waals surface area contributed by atoms with E-state index in [1.165, 1.54) is 12.1 Å². The Bertz CT molecular complexity index is 772. The Morgan fingerprint density at radius 2 is 1.96 bits per heavy atom. The molecule has 0 spiro atoms. The maximum atomic E-state index is 12.9.